The predicted molar refractivity (Wildman–Crippen MR) is 69.8 cm³/mol. The van der Waals surface area contributed by atoms with Gasteiger partial charge in [-0.1, -0.05) is 13.0 Å². The number of amides is 1. The van der Waals surface area contributed by atoms with Gasteiger partial charge >= 0.3 is 5.97 Å². The Bertz CT molecular complexity index is 497. The normalized spacial score (nSPS) is 15.9. The van der Waals surface area contributed by atoms with Crippen LogP contribution in [0, 0.1) is 12.8 Å². The molecule has 5 heteroatoms. The maximum Gasteiger partial charge on any atom is 0.308 e. The number of aliphatic carboxylic acids is 1. The first-order valence-corrected chi connectivity index (χ1v) is 6.46. The molecule has 1 fully saturated rings. The first-order valence-electron chi connectivity index (χ1n) is 6.46. The molecule has 0 radical (unpaired) electrons. The summed E-state index contributed by atoms with van der Waals surface area (Å²) in [6.45, 7) is 3.70. The number of aromatic nitrogens is 1. The van der Waals surface area contributed by atoms with Crippen LogP contribution in [-0.4, -0.2) is 39.5 Å². The van der Waals surface area contributed by atoms with Crippen LogP contribution in [0.1, 0.15) is 35.9 Å². The number of hydrogen-bond donors (Lipinski definition) is 1. The van der Waals surface area contributed by atoms with Crippen molar-refractivity contribution in [2.75, 3.05) is 6.54 Å². The molecule has 1 aromatic rings. The molecule has 0 saturated heterocycles. The molecule has 102 valence electrons. The molecular weight excluding hydrogens is 244 g/mol. The van der Waals surface area contributed by atoms with E-state index in [9.17, 15) is 9.59 Å². The number of carboxylic acid groups (broad SMARTS) is 1. The van der Waals surface area contributed by atoms with Gasteiger partial charge in [-0.3, -0.25) is 9.59 Å². The highest BCUT2D eigenvalue weighted by atomic mass is 16.4. The molecule has 0 bridgehead atoms. The smallest absolute Gasteiger partial charge is 0.308 e. The summed E-state index contributed by atoms with van der Waals surface area (Å²) in [5.41, 5.74) is 1.18. The molecule has 0 aromatic carbocycles. The number of carbonyl (C=O) groups excluding carboxylic acids is 1. The number of pyridine rings is 1. The molecule has 0 unspecified atom stereocenters. The summed E-state index contributed by atoms with van der Waals surface area (Å²) in [4.78, 5) is 29.2. The fraction of sp³-hybridized carbons (Fsp3) is 0.500. The van der Waals surface area contributed by atoms with Gasteiger partial charge in [0, 0.05) is 18.3 Å². The van der Waals surface area contributed by atoms with Crippen molar-refractivity contribution < 1.29 is 14.7 Å². The van der Waals surface area contributed by atoms with Gasteiger partial charge in [-0.05, 0) is 31.9 Å². The zero-order valence-electron chi connectivity index (χ0n) is 11.2. The van der Waals surface area contributed by atoms with Gasteiger partial charge in [-0.25, -0.2) is 4.98 Å². The predicted octanol–water partition coefficient (Wildman–Crippen LogP) is 1.72. The highest BCUT2D eigenvalue weighted by Crippen LogP contribution is 2.28. The second-order valence-electron chi connectivity index (χ2n) is 5.09. The average Bonchev–Trinajstić information content (AvgIpc) is 3.19. The zero-order chi connectivity index (χ0) is 14.0. The Morgan fingerprint density at radius 1 is 1.47 bits per heavy atom. The molecule has 1 atom stereocenters. The van der Waals surface area contributed by atoms with E-state index in [4.69, 9.17) is 5.11 Å². The Hall–Kier alpha value is -1.91. The van der Waals surface area contributed by atoms with Crippen molar-refractivity contribution in [3.63, 3.8) is 0 Å². The van der Waals surface area contributed by atoms with E-state index in [0.717, 1.165) is 18.5 Å². The second-order valence-corrected chi connectivity index (χ2v) is 5.09. The molecule has 5 nitrogen and oxygen atoms in total. The molecule has 1 N–H and O–H groups in total. The summed E-state index contributed by atoms with van der Waals surface area (Å²) in [7, 11) is 0. The Morgan fingerprint density at radius 2 is 2.16 bits per heavy atom. The lowest BCUT2D eigenvalue weighted by Crippen LogP contribution is -2.39. The van der Waals surface area contributed by atoms with Gasteiger partial charge in [0.2, 0.25) is 0 Å². The third kappa shape index (κ3) is 3.30. The topological polar surface area (TPSA) is 70.5 Å². The van der Waals surface area contributed by atoms with Gasteiger partial charge in [0.05, 0.1) is 5.92 Å². The van der Waals surface area contributed by atoms with Crippen molar-refractivity contribution in [2.24, 2.45) is 5.92 Å². The van der Waals surface area contributed by atoms with Gasteiger partial charge in [-0.2, -0.15) is 0 Å². The van der Waals surface area contributed by atoms with E-state index in [-0.39, 0.29) is 18.5 Å². The first kappa shape index (κ1) is 13.5. The lowest BCUT2D eigenvalue weighted by molar-refractivity contribution is -0.141. The van der Waals surface area contributed by atoms with Crippen LogP contribution in [0.15, 0.2) is 18.2 Å². The Morgan fingerprint density at radius 3 is 2.68 bits per heavy atom. The standard InChI is InChI=1S/C14H18N2O3/c1-9(14(18)19)8-16(11-6-7-11)13(17)12-5-3-4-10(2)15-12/h3-5,9,11H,6-8H2,1-2H3,(H,18,19)/t9-/m1/s1. The van der Waals surface area contributed by atoms with Crippen LogP contribution in [0.3, 0.4) is 0 Å². The van der Waals surface area contributed by atoms with Crippen LogP contribution in [-0.2, 0) is 4.79 Å². The summed E-state index contributed by atoms with van der Waals surface area (Å²) >= 11 is 0. The molecule has 1 aliphatic rings. The summed E-state index contributed by atoms with van der Waals surface area (Å²) in [6, 6.07) is 5.48. The average molecular weight is 262 g/mol. The van der Waals surface area contributed by atoms with E-state index < -0.39 is 11.9 Å². The molecule has 2 rings (SSSR count). The van der Waals surface area contributed by atoms with Crippen molar-refractivity contribution in [3.8, 4) is 0 Å². The largest absolute Gasteiger partial charge is 0.481 e. The fourth-order valence-corrected chi connectivity index (χ4v) is 1.97. The Kier molecular flexibility index (Phi) is 3.83. The zero-order valence-corrected chi connectivity index (χ0v) is 11.2. The molecule has 1 saturated carbocycles. The van der Waals surface area contributed by atoms with Crippen LogP contribution >= 0.6 is 0 Å². The van der Waals surface area contributed by atoms with Gasteiger partial charge in [0.25, 0.3) is 5.91 Å². The number of aryl methyl sites for hydroxylation is 1. The van der Waals surface area contributed by atoms with Gasteiger partial charge < -0.3 is 10.0 Å². The van der Waals surface area contributed by atoms with Crippen LogP contribution in [0.2, 0.25) is 0 Å². The fourth-order valence-electron chi connectivity index (χ4n) is 1.97. The van der Waals surface area contributed by atoms with Crippen molar-refractivity contribution in [1.82, 2.24) is 9.88 Å². The van der Waals surface area contributed by atoms with Crippen LogP contribution in [0.4, 0.5) is 0 Å². The SMILES string of the molecule is Cc1cccc(C(=O)N(C[C@@H](C)C(=O)O)C2CC2)n1. The van der Waals surface area contributed by atoms with E-state index in [2.05, 4.69) is 4.98 Å². The quantitative estimate of drug-likeness (QED) is 0.877. The van der Waals surface area contributed by atoms with E-state index in [1.807, 2.05) is 13.0 Å². The number of carbonyl (C=O) groups is 2. The van der Waals surface area contributed by atoms with Crippen molar-refractivity contribution in [2.45, 2.75) is 32.7 Å². The lowest BCUT2D eigenvalue weighted by atomic mass is 10.1. The van der Waals surface area contributed by atoms with E-state index >= 15 is 0 Å². The van der Waals surface area contributed by atoms with E-state index in [1.54, 1.807) is 24.0 Å². The van der Waals surface area contributed by atoms with Gasteiger partial charge in [-0.15, -0.1) is 0 Å². The number of rotatable bonds is 5. The molecule has 1 aliphatic carbocycles. The van der Waals surface area contributed by atoms with Gasteiger partial charge in [0.15, 0.2) is 0 Å². The lowest BCUT2D eigenvalue weighted by Gasteiger charge is -2.24. The van der Waals surface area contributed by atoms with Crippen molar-refractivity contribution in [1.29, 1.82) is 0 Å². The summed E-state index contributed by atoms with van der Waals surface area (Å²) in [5.74, 6) is -1.61. The molecular formula is C14H18N2O3. The van der Waals surface area contributed by atoms with Crippen molar-refractivity contribution >= 4 is 11.9 Å². The van der Waals surface area contributed by atoms with Crippen LogP contribution in [0.5, 0.6) is 0 Å². The third-order valence-corrected chi connectivity index (χ3v) is 3.25. The number of nitrogens with zero attached hydrogens (tertiary/aromatic N) is 2. The highest BCUT2D eigenvalue weighted by Gasteiger charge is 2.35. The Balaban J connectivity index is 2.15. The second kappa shape index (κ2) is 5.38. The molecule has 1 amide bonds. The first-order chi connectivity index (χ1) is 8.99. The molecule has 19 heavy (non-hydrogen) atoms. The number of hydrogen-bond acceptors (Lipinski definition) is 3. The molecule has 1 heterocycles. The third-order valence-electron chi connectivity index (χ3n) is 3.25. The van der Waals surface area contributed by atoms with Crippen LogP contribution in [0.25, 0.3) is 0 Å². The highest BCUT2D eigenvalue weighted by molar-refractivity contribution is 5.93. The maximum absolute atomic E-state index is 12.4. The summed E-state index contributed by atoms with van der Waals surface area (Å²) in [6.07, 6.45) is 1.90. The molecule has 0 aliphatic heterocycles. The Labute approximate surface area is 112 Å². The summed E-state index contributed by atoms with van der Waals surface area (Å²) < 4.78 is 0. The number of carboxylic acids is 1. The molecule has 1 aromatic heterocycles. The van der Waals surface area contributed by atoms with Gasteiger partial charge in [0.1, 0.15) is 5.69 Å². The minimum absolute atomic E-state index is 0.167. The maximum atomic E-state index is 12.4. The minimum Gasteiger partial charge on any atom is -0.481 e. The van der Waals surface area contributed by atoms with E-state index in [1.165, 1.54) is 0 Å². The van der Waals surface area contributed by atoms with E-state index in [0.29, 0.717) is 5.69 Å². The minimum atomic E-state index is -0.879. The molecule has 0 spiro atoms. The summed E-state index contributed by atoms with van der Waals surface area (Å²) in [5, 5.41) is 8.98. The van der Waals surface area contributed by atoms with Crippen LogP contribution < -0.4 is 0 Å². The monoisotopic (exact) mass is 262 g/mol. The van der Waals surface area contributed by atoms with Crippen molar-refractivity contribution in [3.05, 3.63) is 29.6 Å².